The molecule has 0 bridgehead atoms. The molecule has 0 aliphatic carbocycles. The molecule has 3 N–H and O–H groups in total. The molecule has 4 nitrogen and oxygen atoms in total. The lowest BCUT2D eigenvalue weighted by molar-refractivity contribution is 0.420. The molecule has 0 aliphatic heterocycles. The molecule has 0 amide bonds. The average molecular weight is 361 g/mol. The third kappa shape index (κ3) is 4.40. The van der Waals surface area contributed by atoms with Crippen LogP contribution in [0.4, 0.5) is 5.69 Å². The summed E-state index contributed by atoms with van der Waals surface area (Å²) in [6.07, 6.45) is 0. The van der Waals surface area contributed by atoms with Gasteiger partial charge in [0.15, 0.2) is 5.96 Å². The monoisotopic (exact) mass is 361 g/mol. The van der Waals surface area contributed by atoms with Crippen LogP contribution in [0, 0.1) is 0 Å². The van der Waals surface area contributed by atoms with Gasteiger partial charge in [-0.05, 0) is 28.7 Å². The Kier molecular flexibility index (Phi) is 5.36. The van der Waals surface area contributed by atoms with Gasteiger partial charge in [-0.1, -0.05) is 69.3 Å². The van der Waals surface area contributed by atoms with Crippen molar-refractivity contribution >= 4 is 22.4 Å². The van der Waals surface area contributed by atoms with Crippen LogP contribution in [0.1, 0.15) is 31.9 Å². The van der Waals surface area contributed by atoms with Gasteiger partial charge >= 0.3 is 0 Å². The topological polar surface area (TPSA) is 59.6 Å². The maximum absolute atomic E-state index is 6.12. The molecule has 3 aromatic carbocycles. The number of aliphatic imine (C=N–C) groups is 1. The van der Waals surface area contributed by atoms with Gasteiger partial charge < -0.3 is 15.8 Å². The van der Waals surface area contributed by atoms with Crippen molar-refractivity contribution in [3.05, 3.63) is 71.8 Å². The van der Waals surface area contributed by atoms with Gasteiger partial charge in [-0.3, -0.25) is 0 Å². The molecule has 3 rings (SSSR count). The first-order valence-electron chi connectivity index (χ1n) is 9.10. The second-order valence-electron chi connectivity index (χ2n) is 7.63. The molecule has 0 unspecified atom stereocenters. The Hall–Kier alpha value is -3.01. The minimum atomic E-state index is 0.151. The van der Waals surface area contributed by atoms with Gasteiger partial charge in [0.1, 0.15) is 5.75 Å². The number of nitrogens with zero attached hydrogens (tertiary/aromatic N) is 1. The van der Waals surface area contributed by atoms with Crippen LogP contribution in [0.25, 0.3) is 10.8 Å². The van der Waals surface area contributed by atoms with E-state index in [1.165, 1.54) is 5.56 Å². The first kappa shape index (κ1) is 18.8. The number of rotatable bonds is 4. The van der Waals surface area contributed by atoms with E-state index >= 15 is 0 Å². The number of hydrogen-bond acceptors (Lipinski definition) is 2. The molecule has 0 fully saturated rings. The fraction of sp³-hybridized carbons (Fsp3) is 0.261. The standard InChI is InChI=1S/C23H27N3O/c1-23(2,3)17-11-9-16(10-12-17)15-25-22(24)26-20-13-14-21(27-4)19-8-6-5-7-18(19)20/h5-14H,15H2,1-4H3,(H3,24,25,26). The Bertz CT molecular complexity index is 954. The lowest BCUT2D eigenvalue weighted by atomic mass is 9.87. The summed E-state index contributed by atoms with van der Waals surface area (Å²) < 4.78 is 5.44. The fourth-order valence-corrected chi connectivity index (χ4v) is 3.02. The first-order chi connectivity index (χ1) is 12.9. The number of fused-ring (bicyclic) bond motifs is 1. The Morgan fingerprint density at radius 3 is 2.26 bits per heavy atom. The number of methoxy groups -OCH3 is 1. The highest BCUT2D eigenvalue weighted by Crippen LogP contribution is 2.31. The van der Waals surface area contributed by atoms with E-state index in [4.69, 9.17) is 10.5 Å². The van der Waals surface area contributed by atoms with Gasteiger partial charge in [-0.15, -0.1) is 0 Å². The van der Waals surface area contributed by atoms with Gasteiger partial charge in [-0.2, -0.15) is 0 Å². The molecule has 0 saturated carbocycles. The molecule has 0 aromatic heterocycles. The Labute approximate surface area is 161 Å². The second kappa shape index (κ2) is 7.70. The minimum Gasteiger partial charge on any atom is -0.496 e. The molecule has 0 heterocycles. The van der Waals surface area contributed by atoms with Crippen LogP contribution in [0.5, 0.6) is 5.75 Å². The van der Waals surface area contributed by atoms with Crippen LogP contribution in [-0.4, -0.2) is 13.1 Å². The lowest BCUT2D eigenvalue weighted by Gasteiger charge is -2.19. The normalized spacial score (nSPS) is 12.2. The van der Waals surface area contributed by atoms with E-state index in [0.717, 1.165) is 27.8 Å². The van der Waals surface area contributed by atoms with E-state index in [1.807, 2.05) is 36.4 Å². The van der Waals surface area contributed by atoms with Gasteiger partial charge in [0.25, 0.3) is 0 Å². The van der Waals surface area contributed by atoms with E-state index in [2.05, 4.69) is 55.3 Å². The maximum atomic E-state index is 6.12. The van der Waals surface area contributed by atoms with Gasteiger partial charge in [0.2, 0.25) is 0 Å². The number of anilines is 1. The summed E-state index contributed by atoms with van der Waals surface area (Å²) in [5.41, 5.74) is 9.63. The van der Waals surface area contributed by atoms with Crippen molar-refractivity contribution in [2.75, 3.05) is 12.4 Å². The zero-order chi connectivity index (χ0) is 19.4. The summed E-state index contributed by atoms with van der Waals surface area (Å²) in [7, 11) is 1.68. The van der Waals surface area contributed by atoms with Gasteiger partial charge in [-0.25, -0.2) is 4.99 Å². The van der Waals surface area contributed by atoms with Crippen molar-refractivity contribution in [1.29, 1.82) is 0 Å². The molecule has 0 aliphatic rings. The predicted octanol–water partition coefficient (Wildman–Crippen LogP) is 5.07. The first-order valence-corrected chi connectivity index (χ1v) is 9.10. The molecule has 140 valence electrons. The molecule has 0 atom stereocenters. The predicted molar refractivity (Wildman–Crippen MR) is 115 cm³/mol. The summed E-state index contributed by atoms with van der Waals surface area (Å²) in [6, 6.07) is 20.5. The highest BCUT2D eigenvalue weighted by atomic mass is 16.5. The van der Waals surface area contributed by atoms with E-state index in [1.54, 1.807) is 7.11 Å². The number of hydrogen-bond donors (Lipinski definition) is 2. The molecule has 0 saturated heterocycles. The number of nitrogens with two attached hydrogens (primary N) is 1. The van der Waals surface area contributed by atoms with Crippen molar-refractivity contribution in [2.24, 2.45) is 10.7 Å². The van der Waals surface area contributed by atoms with Crippen LogP contribution in [0.3, 0.4) is 0 Å². The molecule has 3 aromatic rings. The number of ether oxygens (including phenoxy) is 1. The summed E-state index contributed by atoms with van der Waals surface area (Å²) in [5, 5.41) is 5.30. The summed E-state index contributed by atoms with van der Waals surface area (Å²) in [4.78, 5) is 4.48. The highest BCUT2D eigenvalue weighted by molar-refractivity contribution is 6.04. The molecule has 0 spiro atoms. The fourth-order valence-electron chi connectivity index (χ4n) is 3.02. The van der Waals surface area contributed by atoms with Crippen LogP contribution in [0.2, 0.25) is 0 Å². The zero-order valence-electron chi connectivity index (χ0n) is 16.4. The van der Waals surface area contributed by atoms with Crippen LogP contribution in [-0.2, 0) is 12.0 Å². The van der Waals surface area contributed by atoms with E-state index in [0.29, 0.717) is 12.5 Å². The van der Waals surface area contributed by atoms with E-state index < -0.39 is 0 Å². The van der Waals surface area contributed by atoms with Crippen LogP contribution in [0.15, 0.2) is 65.7 Å². The van der Waals surface area contributed by atoms with Crippen LogP contribution < -0.4 is 15.8 Å². The quantitative estimate of drug-likeness (QED) is 0.504. The zero-order valence-corrected chi connectivity index (χ0v) is 16.4. The summed E-state index contributed by atoms with van der Waals surface area (Å²) in [6.45, 7) is 7.17. The molecular weight excluding hydrogens is 334 g/mol. The molecular formula is C23H27N3O. The number of benzene rings is 3. The molecule has 4 heteroatoms. The number of guanidine groups is 1. The molecule has 27 heavy (non-hydrogen) atoms. The minimum absolute atomic E-state index is 0.151. The Balaban J connectivity index is 1.76. The Morgan fingerprint density at radius 2 is 1.63 bits per heavy atom. The highest BCUT2D eigenvalue weighted by Gasteiger charge is 2.12. The summed E-state index contributed by atoms with van der Waals surface area (Å²) >= 11 is 0. The third-order valence-electron chi connectivity index (χ3n) is 4.62. The largest absolute Gasteiger partial charge is 0.496 e. The van der Waals surface area contributed by atoms with Gasteiger partial charge in [0, 0.05) is 16.5 Å². The van der Waals surface area contributed by atoms with E-state index in [9.17, 15) is 0 Å². The maximum Gasteiger partial charge on any atom is 0.193 e. The van der Waals surface area contributed by atoms with E-state index in [-0.39, 0.29) is 5.41 Å². The van der Waals surface area contributed by atoms with Gasteiger partial charge in [0.05, 0.1) is 13.7 Å². The SMILES string of the molecule is COc1ccc(NC(N)=NCc2ccc(C(C)(C)C)cc2)c2ccccc12. The van der Waals surface area contributed by atoms with Crippen molar-refractivity contribution < 1.29 is 4.74 Å². The molecule has 0 radical (unpaired) electrons. The van der Waals surface area contributed by atoms with Crippen molar-refractivity contribution in [1.82, 2.24) is 0 Å². The van der Waals surface area contributed by atoms with Crippen molar-refractivity contribution in [2.45, 2.75) is 32.7 Å². The van der Waals surface area contributed by atoms with Crippen LogP contribution >= 0.6 is 0 Å². The average Bonchev–Trinajstić information content (AvgIpc) is 2.66. The smallest absolute Gasteiger partial charge is 0.193 e. The second-order valence-corrected chi connectivity index (χ2v) is 7.63. The summed E-state index contributed by atoms with van der Waals surface area (Å²) in [5.74, 6) is 1.23. The number of nitrogens with one attached hydrogen (secondary N) is 1. The Morgan fingerprint density at radius 1 is 0.963 bits per heavy atom. The van der Waals surface area contributed by atoms with Crippen molar-refractivity contribution in [3.63, 3.8) is 0 Å². The van der Waals surface area contributed by atoms with Crippen molar-refractivity contribution in [3.8, 4) is 5.75 Å². The third-order valence-corrected chi connectivity index (χ3v) is 4.62. The lowest BCUT2D eigenvalue weighted by Crippen LogP contribution is -2.22.